The molecule has 0 aliphatic carbocycles. The second kappa shape index (κ2) is 62.7. The van der Waals surface area contributed by atoms with E-state index in [0.29, 0.717) is 58.0 Å². The topological polar surface area (TPSA) is 734 Å². The third kappa shape index (κ3) is 42.5. The van der Waals surface area contributed by atoms with Crippen molar-refractivity contribution in [1.82, 2.24) is 105 Å². The van der Waals surface area contributed by atoms with Crippen LogP contribution in [-0.2, 0) is 134 Å². The first-order chi connectivity index (χ1) is 70.0. The van der Waals surface area contributed by atoms with Gasteiger partial charge in [-0.05, 0) is 136 Å². The third-order valence-corrected chi connectivity index (χ3v) is 27.0. The van der Waals surface area contributed by atoms with E-state index in [2.05, 4.69) is 100 Å². The average Bonchev–Trinajstić information content (AvgIpc) is 1.65. The number of nitrogens with zero attached hydrogens (tertiary/aromatic N) is 3. The van der Waals surface area contributed by atoms with Crippen molar-refractivity contribution in [3.63, 3.8) is 0 Å². The van der Waals surface area contributed by atoms with Crippen LogP contribution >= 0.6 is 33.3 Å². The number of nitrogens with one attached hydrogen (secondary N) is 18. The molecule has 0 radical (unpaired) electrons. The van der Waals surface area contributed by atoms with Gasteiger partial charge in [0.2, 0.25) is 130 Å². The minimum Gasteiger partial charge on any atom is -0.481 e. The molecular weight excluding hydrogens is 1990 g/mol. The number of aliphatic hydroxyl groups is 1. The van der Waals surface area contributed by atoms with Crippen LogP contribution in [0, 0.1) is 23.7 Å². The second-order valence-electron chi connectivity index (χ2n) is 37.8. The number of carboxylic acids is 1. The highest BCUT2D eigenvalue weighted by molar-refractivity contribution is 8.76. The lowest BCUT2D eigenvalue weighted by Crippen LogP contribution is -2.63. The Morgan fingerprint density at radius 3 is 1.76 bits per heavy atom. The lowest BCUT2D eigenvalue weighted by Gasteiger charge is -2.32. The van der Waals surface area contributed by atoms with Gasteiger partial charge >= 0.3 is 5.97 Å². The van der Waals surface area contributed by atoms with Gasteiger partial charge in [0.15, 0.2) is 0 Å². The number of ether oxygens (including phenoxy) is 1. The molecule has 4 heterocycles. The second-order valence-corrected chi connectivity index (χ2v) is 41.3. The van der Waals surface area contributed by atoms with Gasteiger partial charge in [-0.1, -0.05) is 119 Å². The number of thioether (sulfide) groups is 1. The van der Waals surface area contributed by atoms with E-state index < -0.39 is 283 Å². The quantitative estimate of drug-likeness (QED) is 0.0147. The van der Waals surface area contributed by atoms with Crippen molar-refractivity contribution in [2.24, 2.45) is 35.1 Å². The van der Waals surface area contributed by atoms with Crippen molar-refractivity contribution in [3.8, 4) is 0 Å². The van der Waals surface area contributed by atoms with Gasteiger partial charge in [-0.15, -0.1) is 0 Å². The van der Waals surface area contributed by atoms with Crippen LogP contribution in [0.1, 0.15) is 183 Å². The molecule has 3 fully saturated rings. The summed E-state index contributed by atoms with van der Waals surface area (Å²) >= 11 is 1.37. The fraction of sp³-hybridized carbons (Fsp3) is 0.604. The summed E-state index contributed by atoms with van der Waals surface area (Å²) in [5, 5.41) is 65.2. The van der Waals surface area contributed by atoms with E-state index in [1.165, 1.54) is 68.7 Å². The molecule has 0 saturated carbocycles. The summed E-state index contributed by atoms with van der Waals surface area (Å²) < 4.78 is 5.38. The first kappa shape index (κ1) is 123. The molecular formula is C96H143N23O26S3. The van der Waals surface area contributed by atoms with Crippen LogP contribution in [0.15, 0.2) is 67.1 Å². The van der Waals surface area contributed by atoms with Gasteiger partial charge in [-0.2, -0.15) is 11.8 Å². The van der Waals surface area contributed by atoms with Crippen LogP contribution in [0.3, 0.4) is 0 Å². The van der Waals surface area contributed by atoms with E-state index in [9.17, 15) is 82.1 Å². The number of carbonyl (C=O) groups excluding carboxylic acids is 22. The maximum absolute atomic E-state index is 15.6. The number of rotatable bonds is 49. The van der Waals surface area contributed by atoms with Crippen molar-refractivity contribution >= 4 is 175 Å². The number of aromatic nitrogens is 2. The van der Waals surface area contributed by atoms with Crippen LogP contribution in [-0.4, -0.2) is 326 Å². The molecule has 24 N–H and O–H groups in total. The number of fused-ring (bicyclic) bond motifs is 1. The predicted molar refractivity (Wildman–Crippen MR) is 544 cm³/mol. The number of likely N-dealkylation sites (tertiary alicyclic amines) is 1. The minimum absolute atomic E-state index is 0.0157. The summed E-state index contributed by atoms with van der Waals surface area (Å²) in [6.45, 7) is 15.0. The molecule has 0 unspecified atom stereocenters. The van der Waals surface area contributed by atoms with Gasteiger partial charge < -0.3 is 127 Å². The first-order valence-corrected chi connectivity index (χ1v) is 53.0. The number of aromatic amines is 1. The molecule has 0 bridgehead atoms. The normalized spacial score (nSPS) is 20.5. The van der Waals surface area contributed by atoms with E-state index in [4.69, 9.17) is 16.2 Å². The van der Waals surface area contributed by atoms with Crippen molar-refractivity contribution in [2.45, 2.75) is 282 Å². The molecule has 3 saturated heterocycles. The lowest BCUT2D eigenvalue weighted by atomic mass is 9.99. The van der Waals surface area contributed by atoms with E-state index in [-0.39, 0.29) is 120 Å². The van der Waals surface area contributed by atoms with Crippen molar-refractivity contribution in [3.05, 3.63) is 83.9 Å². The molecule has 3 aliphatic rings. The van der Waals surface area contributed by atoms with Gasteiger partial charge in [0.25, 0.3) is 0 Å². The van der Waals surface area contributed by atoms with E-state index in [1.54, 1.807) is 88.5 Å². The average molecular weight is 2130 g/mol. The highest BCUT2D eigenvalue weighted by Gasteiger charge is 2.45. The number of H-pyrrole nitrogens is 1. The summed E-state index contributed by atoms with van der Waals surface area (Å²) in [6, 6.07) is -10.4. The zero-order valence-electron chi connectivity index (χ0n) is 85.2. The van der Waals surface area contributed by atoms with Gasteiger partial charge in [0.1, 0.15) is 104 Å². The van der Waals surface area contributed by atoms with Crippen LogP contribution in [0.2, 0.25) is 0 Å². The number of imide groups is 1. The lowest BCUT2D eigenvalue weighted by molar-refractivity contribution is -0.152. The first-order valence-electron chi connectivity index (χ1n) is 49.1. The van der Waals surface area contributed by atoms with Gasteiger partial charge in [0, 0.05) is 94.8 Å². The van der Waals surface area contributed by atoms with Crippen LogP contribution in [0.5, 0.6) is 0 Å². The highest BCUT2D eigenvalue weighted by atomic mass is 33.1. The smallest absolute Gasteiger partial charge is 0.305 e. The number of aliphatic hydroxyl groups excluding tert-OH is 1. The van der Waals surface area contributed by atoms with E-state index in [1.807, 2.05) is 0 Å². The Hall–Kier alpha value is -13.4. The van der Waals surface area contributed by atoms with Crippen LogP contribution in [0.25, 0.3) is 0 Å². The molecule has 148 heavy (non-hydrogen) atoms. The van der Waals surface area contributed by atoms with Gasteiger partial charge in [-0.3, -0.25) is 115 Å². The molecule has 49 nitrogen and oxygen atoms in total. The number of carbonyl (C=O) groups is 23. The number of anilines is 1. The predicted octanol–water partition coefficient (Wildman–Crippen LogP) is -3.69. The number of imidazole rings is 1. The standard InChI is InChI=1S/C96H143N23O26S3/c1-50(2)39-68-96(144)118-36-20-25-71(118)91(139)110-65(41-60-44-99-49-102-60)86(134)112-69(89(137)107-63(23-16-18-34-100-55(10)121)84(132)114-78(51(3)4)92(140)105-61(82(98)130)33-38-146-12)47-147-148-48-70(113-93(141)79(52(5)6)116-88(136)67(43-77(128)129)109-85(133)64(103-56(11)122)40-58-21-14-13-15-22-58)90(138)108-66(42-72(97)123)87(135)106-62(83(131)115-80(53(7)8)94(142)117-81(54(9)120)95(143)111-68)24-17-19-35-101-73(124)45-145-46-74(125)104-59-29-26-57(27-30-59)28-31-75(126)119-37-32-76(119)127/h13-15,21-22,26-27,29-30,44,49-54,61-71,78-81,120H,16-20,23-25,28,31-43,45-48H2,1-12H3,(H2,97,123)(H2,98,130)(H,99,102)(H,100,121)(H,101,124)(H,103,122)(H,104,125)(H,105,140)(H,106,135)(H,107,137)(H,108,138)(H,109,133)(H,110,139)(H,111,143)(H,112,134)(H,113,141)(H,114,132)(H,115,131)(H,116,136)(H,117,142)(H,128,129)/t54-,61+,62+,63+,64+,65+,66+,67+,68+,69+,70+,71+,78+,79+,80+,81+/m1/s1. The molecule has 3 aromatic rings. The number of aryl methyl sites for hydroxylation is 1. The number of β-lactam (4-membered cyclic amide) rings is 1. The Morgan fingerprint density at radius 1 is 0.574 bits per heavy atom. The number of amides is 22. The third-order valence-electron chi connectivity index (χ3n) is 24.0. The number of carboxylic acid groups (broad SMARTS) is 1. The molecule has 2 aromatic carbocycles. The molecule has 6 rings (SSSR count). The molecule has 22 amide bonds. The van der Waals surface area contributed by atoms with E-state index in [0.717, 1.165) is 19.4 Å². The van der Waals surface area contributed by atoms with Crippen LogP contribution < -0.4 is 102 Å². The summed E-state index contributed by atoms with van der Waals surface area (Å²) in [6.07, 6.45) is 0.436. The fourth-order valence-electron chi connectivity index (χ4n) is 15.8. The molecule has 3 aliphatic heterocycles. The van der Waals surface area contributed by atoms with Gasteiger partial charge in [-0.25, -0.2) is 4.98 Å². The van der Waals surface area contributed by atoms with Gasteiger partial charge in [0.05, 0.1) is 25.3 Å². The number of hydrogen-bond donors (Lipinski definition) is 22. The Morgan fingerprint density at radius 2 is 1.17 bits per heavy atom. The Kier molecular flexibility index (Phi) is 52.2. The van der Waals surface area contributed by atoms with Crippen LogP contribution in [0.4, 0.5) is 5.69 Å². The molecule has 1 aromatic heterocycles. The Labute approximate surface area is 869 Å². The summed E-state index contributed by atoms with van der Waals surface area (Å²) in [5.41, 5.74) is 13.4. The zero-order chi connectivity index (χ0) is 110. The summed E-state index contributed by atoms with van der Waals surface area (Å²) in [4.78, 5) is 333. The van der Waals surface area contributed by atoms with Crippen molar-refractivity contribution < 1.29 is 125 Å². The number of aliphatic carboxylic acids is 1. The highest BCUT2D eigenvalue weighted by Crippen LogP contribution is 2.27. The number of primary amides is 2. The van der Waals surface area contributed by atoms with Crippen molar-refractivity contribution in [1.29, 1.82) is 0 Å². The summed E-state index contributed by atoms with van der Waals surface area (Å²) in [7, 11) is 1.38. The SMILES string of the molecule is CSCC[C@H](NC(=O)[C@@H](NC(=O)[C@H](CCCCNC(C)=O)NC(=O)[C@@H]1CSSC[C@H](NC(=O)[C@@H](NC(=O)[C@H](CC(=O)O)NC(=O)[C@H](Cc2ccccc2)NC(C)=O)C(C)C)C(=O)N[C@@H](CC(N)=O)C(=O)N[C@@H](CCCCNC(=O)COCC(=O)Nc2ccc(CCC(=O)N3CCC3=O)cc2)C(=O)N[C@@H](C(C)C)C(=O)N[C@@H]([C@@H](C)O)C(=O)N[C@@H](CC(C)C)C(=O)N2CCC[C@H]2C(=O)N[C@@H](Cc2cnc[nH]2)C(=O)N1)C(C)C)C(N)=O. The Balaban J connectivity index is 1.46. The molecule has 816 valence electrons. The number of nitrogens with two attached hydrogens (primary N) is 2. The van der Waals surface area contributed by atoms with Crippen molar-refractivity contribution in [2.75, 3.05) is 68.2 Å². The molecule has 16 atom stereocenters. The maximum Gasteiger partial charge on any atom is 0.305 e. The monoisotopic (exact) mass is 2130 g/mol. The molecule has 0 spiro atoms. The molecule has 52 heteroatoms. The number of benzene rings is 2. The minimum atomic E-state index is -2.13. The summed E-state index contributed by atoms with van der Waals surface area (Å²) in [5.74, 6) is -25.9. The maximum atomic E-state index is 15.6. The van der Waals surface area contributed by atoms with E-state index >= 15 is 38.4 Å². The largest absolute Gasteiger partial charge is 0.481 e. The Bertz CT molecular complexity index is 5100. The number of unbranched alkanes of at least 4 members (excludes halogenated alkanes) is 2. The fourth-order valence-corrected chi connectivity index (χ4v) is 18.6. The number of hydrogen-bond acceptors (Lipinski definition) is 29. The zero-order valence-corrected chi connectivity index (χ0v) is 87.6.